The molecule has 1 aliphatic rings. The predicted octanol–water partition coefficient (Wildman–Crippen LogP) is 9.07. The van der Waals surface area contributed by atoms with E-state index in [2.05, 4.69) is 66.2 Å². The maximum atomic E-state index is 10.4. The third kappa shape index (κ3) is 12.2. The fourth-order valence-electron chi connectivity index (χ4n) is 4.46. The van der Waals surface area contributed by atoms with Gasteiger partial charge in [-0.15, -0.1) is 0 Å². The van der Waals surface area contributed by atoms with Crippen LogP contribution in [0.3, 0.4) is 0 Å². The Bertz CT molecular complexity index is 664. The number of ether oxygens (including phenoxy) is 1. The second-order valence-corrected chi connectivity index (χ2v) is 10.3. The van der Waals surface area contributed by atoms with Crippen molar-refractivity contribution in [2.75, 3.05) is 6.61 Å². The third-order valence-corrected chi connectivity index (χ3v) is 7.12. The van der Waals surface area contributed by atoms with E-state index in [1.54, 1.807) is 0 Å². The van der Waals surface area contributed by atoms with Crippen molar-refractivity contribution in [3.8, 4) is 0 Å². The quantitative estimate of drug-likeness (QED) is 0.134. The van der Waals surface area contributed by atoms with E-state index in [0.29, 0.717) is 5.92 Å². The highest BCUT2D eigenvalue weighted by molar-refractivity contribution is 5.36. The molecule has 2 nitrogen and oxygen atoms in total. The summed E-state index contributed by atoms with van der Waals surface area (Å²) in [5.41, 5.74) is 6.61. The molecule has 0 saturated carbocycles. The zero-order valence-electron chi connectivity index (χ0n) is 22.9. The number of hydrogen-bond donors (Lipinski definition) is 1. The molecule has 0 amide bonds. The highest BCUT2D eigenvalue weighted by Gasteiger charge is 2.26. The van der Waals surface area contributed by atoms with Gasteiger partial charge in [-0.2, -0.15) is 13.3 Å². The molecule has 0 spiro atoms. The molecule has 3 unspecified atom stereocenters. The molecule has 0 heterocycles. The lowest BCUT2D eigenvalue weighted by molar-refractivity contribution is 0.0887. The average Bonchev–Trinajstić information content (AvgIpc) is 2.78. The Hall–Kier alpha value is -1.12. The second-order valence-electron chi connectivity index (χ2n) is 10.3. The molecule has 1 N–H and O–H groups in total. The van der Waals surface area contributed by atoms with Gasteiger partial charge in [-0.3, -0.25) is 0 Å². The van der Waals surface area contributed by atoms with Gasteiger partial charge in [-0.05, 0) is 101 Å². The smallest absolute Gasteiger partial charge is 0.0997 e. The van der Waals surface area contributed by atoms with Crippen LogP contribution in [0.1, 0.15) is 119 Å². The van der Waals surface area contributed by atoms with Crippen molar-refractivity contribution in [2.24, 2.45) is 5.92 Å². The Morgan fingerprint density at radius 3 is 2.45 bits per heavy atom. The van der Waals surface area contributed by atoms with Gasteiger partial charge < -0.3 is 16.3 Å². The van der Waals surface area contributed by atoms with E-state index in [9.17, 15) is 5.11 Å². The highest BCUT2D eigenvalue weighted by atomic mass is 16.5. The molecule has 0 aromatic heterocycles. The lowest BCUT2D eigenvalue weighted by Crippen LogP contribution is -2.27. The summed E-state index contributed by atoms with van der Waals surface area (Å²) < 4.78 is 6.24. The molecular formula is C31H53O2-. The molecule has 0 aliphatic heterocycles. The predicted molar refractivity (Wildman–Crippen MR) is 145 cm³/mol. The lowest BCUT2D eigenvalue weighted by atomic mass is 9.85. The molecule has 1 aliphatic carbocycles. The van der Waals surface area contributed by atoms with Crippen LogP contribution in [0, 0.1) is 12.3 Å². The second kappa shape index (κ2) is 17.3. The van der Waals surface area contributed by atoms with Crippen molar-refractivity contribution in [1.82, 2.24) is 0 Å². The van der Waals surface area contributed by atoms with Crippen LogP contribution in [-0.2, 0) is 4.74 Å². The topological polar surface area (TPSA) is 29.5 Å². The summed E-state index contributed by atoms with van der Waals surface area (Å²) in [6.07, 6.45) is 21.6. The largest absolute Gasteiger partial charge is 0.385 e. The van der Waals surface area contributed by atoms with Crippen molar-refractivity contribution in [3.05, 3.63) is 52.5 Å². The van der Waals surface area contributed by atoms with Crippen LogP contribution in [0.2, 0.25) is 0 Å². The van der Waals surface area contributed by atoms with Crippen LogP contribution < -0.4 is 0 Å². The van der Waals surface area contributed by atoms with Crippen molar-refractivity contribution >= 4 is 0 Å². The molecule has 0 aromatic carbocycles. The minimum Gasteiger partial charge on any atom is -0.385 e. The zero-order chi connectivity index (χ0) is 24.6. The van der Waals surface area contributed by atoms with E-state index in [1.165, 1.54) is 73.7 Å². The van der Waals surface area contributed by atoms with Crippen LogP contribution in [0.25, 0.3) is 0 Å². The van der Waals surface area contributed by atoms with Crippen LogP contribution >= 0.6 is 0 Å². The van der Waals surface area contributed by atoms with E-state index < -0.39 is 6.10 Å². The number of aliphatic hydroxyl groups is 1. The van der Waals surface area contributed by atoms with E-state index in [0.717, 1.165) is 31.4 Å². The fraction of sp³-hybridized carbons (Fsp3) is 0.710. The standard InChI is InChI=1S/C31H53O2/c1-8-10-12-15-24(3)16-13-17-25(4)18-14-19-26(5)20-21-29-23-30(32)27(6)28(7)31(29)33-22-11-9-2/h8,15,17,23,26,30-32H,9-14,16,18-22H2,1-7H3/q-1/b24-15+,25-17+. The number of aliphatic hydroxyl groups excluding tert-OH is 1. The van der Waals surface area contributed by atoms with Gasteiger partial charge in [0.25, 0.3) is 0 Å². The molecular weight excluding hydrogens is 404 g/mol. The molecule has 2 heteroatoms. The third-order valence-electron chi connectivity index (χ3n) is 7.12. The van der Waals surface area contributed by atoms with Gasteiger partial charge in [-0.25, -0.2) is 0 Å². The fourth-order valence-corrected chi connectivity index (χ4v) is 4.46. The van der Waals surface area contributed by atoms with Gasteiger partial charge >= 0.3 is 0 Å². The van der Waals surface area contributed by atoms with Gasteiger partial charge in [-0.1, -0.05) is 56.4 Å². The van der Waals surface area contributed by atoms with E-state index in [4.69, 9.17) is 4.74 Å². The van der Waals surface area contributed by atoms with Gasteiger partial charge in [0.05, 0.1) is 12.2 Å². The number of allylic oxidation sites excluding steroid dienone is 4. The molecule has 0 radical (unpaired) electrons. The summed E-state index contributed by atoms with van der Waals surface area (Å²) in [7, 11) is 0. The summed E-state index contributed by atoms with van der Waals surface area (Å²) >= 11 is 0. The monoisotopic (exact) mass is 457 g/mol. The maximum Gasteiger partial charge on any atom is 0.0997 e. The van der Waals surface area contributed by atoms with Gasteiger partial charge in [0.1, 0.15) is 0 Å². The summed E-state index contributed by atoms with van der Waals surface area (Å²) in [6.45, 7) is 16.2. The molecule has 190 valence electrons. The number of unbranched alkanes of at least 4 members (excludes halogenated alkanes) is 3. The Morgan fingerprint density at radius 2 is 1.76 bits per heavy atom. The molecule has 3 atom stereocenters. The molecule has 1 rings (SSSR count). The first-order valence-electron chi connectivity index (χ1n) is 13.6. The van der Waals surface area contributed by atoms with Crippen molar-refractivity contribution in [2.45, 2.75) is 131 Å². The lowest BCUT2D eigenvalue weighted by Gasteiger charge is -2.30. The van der Waals surface area contributed by atoms with Gasteiger partial charge in [0.15, 0.2) is 0 Å². The summed E-state index contributed by atoms with van der Waals surface area (Å²) in [6, 6.07) is 0. The molecule has 0 fully saturated rings. The number of hydrogen-bond acceptors (Lipinski definition) is 2. The maximum absolute atomic E-state index is 10.4. The Morgan fingerprint density at radius 1 is 1.06 bits per heavy atom. The SMILES string of the molecule is C[CH-]CC/C=C(\C)CC/C=C(\C)CCCC(C)CCC1=CC(O)C(C)=C(C)C1OCCCC. The first kappa shape index (κ1) is 29.9. The van der Waals surface area contributed by atoms with Gasteiger partial charge in [0.2, 0.25) is 0 Å². The molecule has 0 bridgehead atoms. The van der Waals surface area contributed by atoms with Crippen LogP contribution in [0.15, 0.2) is 46.1 Å². The zero-order valence-corrected chi connectivity index (χ0v) is 22.9. The van der Waals surface area contributed by atoms with Crippen molar-refractivity contribution < 1.29 is 9.84 Å². The summed E-state index contributed by atoms with van der Waals surface area (Å²) in [5.74, 6) is 0.694. The minimum absolute atomic E-state index is 0.0648. The van der Waals surface area contributed by atoms with Crippen molar-refractivity contribution in [1.29, 1.82) is 0 Å². The normalized spacial score (nSPS) is 20.9. The summed E-state index contributed by atoms with van der Waals surface area (Å²) in [5, 5.41) is 10.4. The Labute approximate surface area is 206 Å². The Kier molecular flexibility index (Phi) is 15.7. The first-order chi connectivity index (χ1) is 15.8. The molecule has 33 heavy (non-hydrogen) atoms. The minimum atomic E-state index is -0.447. The van der Waals surface area contributed by atoms with Gasteiger partial charge in [0, 0.05) is 6.61 Å². The van der Waals surface area contributed by atoms with Crippen LogP contribution in [-0.4, -0.2) is 23.9 Å². The Balaban J connectivity index is 2.39. The highest BCUT2D eigenvalue weighted by Crippen LogP contribution is 2.32. The van der Waals surface area contributed by atoms with Crippen LogP contribution in [0.4, 0.5) is 0 Å². The first-order valence-corrected chi connectivity index (χ1v) is 13.6. The van der Waals surface area contributed by atoms with Crippen LogP contribution in [0.5, 0.6) is 0 Å². The average molecular weight is 458 g/mol. The molecule has 0 aromatic rings. The molecule has 0 saturated heterocycles. The van der Waals surface area contributed by atoms with Crippen molar-refractivity contribution in [3.63, 3.8) is 0 Å². The number of rotatable bonds is 17. The summed E-state index contributed by atoms with van der Waals surface area (Å²) in [4.78, 5) is 0. The van der Waals surface area contributed by atoms with E-state index in [1.807, 2.05) is 6.92 Å². The van der Waals surface area contributed by atoms with E-state index >= 15 is 0 Å². The van der Waals surface area contributed by atoms with E-state index in [-0.39, 0.29) is 6.10 Å².